The standard InChI is InChI=1S/C21H19BrN2O5/c1-13(25)29-20-10-18(22)15(9-19(20)28-3)8-16(11-23)21(26)24-12-14-4-6-17(27-2)7-5-14/h4-10H,12H2,1-3H3,(H,24,26)/b16-8-. The molecule has 2 rings (SSSR count). The van der Waals surface area contributed by atoms with Crippen LogP contribution >= 0.6 is 15.9 Å². The molecule has 29 heavy (non-hydrogen) atoms. The lowest BCUT2D eigenvalue weighted by atomic mass is 10.1. The van der Waals surface area contributed by atoms with Crippen molar-refractivity contribution in [2.75, 3.05) is 14.2 Å². The van der Waals surface area contributed by atoms with Crippen LogP contribution in [0, 0.1) is 11.3 Å². The normalized spacial score (nSPS) is 10.7. The molecule has 0 aliphatic carbocycles. The fraction of sp³-hybridized carbons (Fsp3) is 0.190. The number of rotatable bonds is 7. The molecule has 0 aromatic heterocycles. The summed E-state index contributed by atoms with van der Waals surface area (Å²) in [7, 11) is 3.00. The Morgan fingerprint density at radius 2 is 1.83 bits per heavy atom. The third-order valence-electron chi connectivity index (χ3n) is 3.81. The van der Waals surface area contributed by atoms with E-state index in [4.69, 9.17) is 14.2 Å². The van der Waals surface area contributed by atoms with Crippen LogP contribution in [0.2, 0.25) is 0 Å². The van der Waals surface area contributed by atoms with Crippen molar-refractivity contribution in [1.29, 1.82) is 5.26 Å². The first-order valence-corrected chi connectivity index (χ1v) is 9.26. The van der Waals surface area contributed by atoms with Gasteiger partial charge in [-0.05, 0) is 41.5 Å². The van der Waals surface area contributed by atoms with E-state index in [1.165, 1.54) is 26.2 Å². The van der Waals surface area contributed by atoms with E-state index in [2.05, 4.69) is 21.2 Å². The van der Waals surface area contributed by atoms with E-state index >= 15 is 0 Å². The van der Waals surface area contributed by atoms with Gasteiger partial charge in [-0.25, -0.2) is 0 Å². The number of carbonyl (C=O) groups excluding carboxylic acids is 2. The van der Waals surface area contributed by atoms with Crippen molar-refractivity contribution < 1.29 is 23.8 Å². The fourth-order valence-corrected chi connectivity index (χ4v) is 2.82. The number of methoxy groups -OCH3 is 2. The molecule has 0 fully saturated rings. The molecule has 0 spiro atoms. The van der Waals surface area contributed by atoms with Gasteiger partial charge in [0.15, 0.2) is 11.5 Å². The second-order valence-electron chi connectivity index (χ2n) is 5.82. The van der Waals surface area contributed by atoms with Crippen LogP contribution in [0.3, 0.4) is 0 Å². The number of amides is 1. The number of benzene rings is 2. The van der Waals surface area contributed by atoms with Gasteiger partial charge >= 0.3 is 5.97 Å². The largest absolute Gasteiger partial charge is 0.497 e. The van der Waals surface area contributed by atoms with E-state index in [1.807, 2.05) is 18.2 Å². The molecule has 8 heteroatoms. The first-order valence-electron chi connectivity index (χ1n) is 8.46. The average molecular weight is 459 g/mol. The van der Waals surface area contributed by atoms with Crippen LogP contribution in [-0.2, 0) is 16.1 Å². The van der Waals surface area contributed by atoms with E-state index in [0.717, 1.165) is 5.56 Å². The molecule has 0 heterocycles. The molecular formula is C21H19BrN2O5. The number of nitrogens with zero attached hydrogens (tertiary/aromatic N) is 1. The topological polar surface area (TPSA) is 97.7 Å². The summed E-state index contributed by atoms with van der Waals surface area (Å²) in [6, 6.07) is 12.2. The van der Waals surface area contributed by atoms with Gasteiger partial charge in [-0.15, -0.1) is 0 Å². The number of halogens is 1. The van der Waals surface area contributed by atoms with Crippen LogP contribution in [0.1, 0.15) is 18.1 Å². The zero-order valence-electron chi connectivity index (χ0n) is 16.1. The van der Waals surface area contributed by atoms with Crippen molar-refractivity contribution >= 4 is 33.9 Å². The summed E-state index contributed by atoms with van der Waals surface area (Å²) >= 11 is 3.35. The summed E-state index contributed by atoms with van der Waals surface area (Å²) in [4.78, 5) is 23.6. The summed E-state index contributed by atoms with van der Waals surface area (Å²) < 4.78 is 15.9. The predicted octanol–water partition coefficient (Wildman–Crippen LogP) is 3.61. The van der Waals surface area contributed by atoms with Gasteiger partial charge < -0.3 is 19.5 Å². The van der Waals surface area contributed by atoms with Gasteiger partial charge in [-0.3, -0.25) is 9.59 Å². The Bertz CT molecular complexity index is 978. The van der Waals surface area contributed by atoms with E-state index < -0.39 is 11.9 Å². The van der Waals surface area contributed by atoms with Crippen molar-refractivity contribution in [1.82, 2.24) is 5.32 Å². The molecule has 150 valence electrons. The van der Waals surface area contributed by atoms with Gasteiger partial charge in [-0.2, -0.15) is 5.26 Å². The van der Waals surface area contributed by atoms with Crippen LogP contribution in [0.5, 0.6) is 17.2 Å². The SMILES string of the molecule is COc1ccc(CNC(=O)/C(C#N)=C\c2cc(OC)c(OC(C)=O)cc2Br)cc1. The highest BCUT2D eigenvalue weighted by molar-refractivity contribution is 9.10. The van der Waals surface area contributed by atoms with Gasteiger partial charge in [0.05, 0.1) is 14.2 Å². The van der Waals surface area contributed by atoms with Crippen molar-refractivity contribution in [3.8, 4) is 23.3 Å². The van der Waals surface area contributed by atoms with Crippen LogP contribution < -0.4 is 19.5 Å². The second-order valence-corrected chi connectivity index (χ2v) is 6.67. The molecule has 7 nitrogen and oxygen atoms in total. The van der Waals surface area contributed by atoms with E-state index in [-0.39, 0.29) is 17.9 Å². The molecule has 0 aliphatic rings. The molecule has 2 aromatic carbocycles. The Labute approximate surface area is 177 Å². The zero-order valence-corrected chi connectivity index (χ0v) is 17.7. The quantitative estimate of drug-likeness (QED) is 0.294. The summed E-state index contributed by atoms with van der Waals surface area (Å²) in [6.45, 7) is 1.54. The predicted molar refractivity (Wildman–Crippen MR) is 110 cm³/mol. The lowest BCUT2D eigenvalue weighted by Gasteiger charge is -2.11. The molecule has 0 saturated carbocycles. The maximum Gasteiger partial charge on any atom is 0.308 e. The molecule has 0 bridgehead atoms. The minimum absolute atomic E-state index is 0.0819. The molecule has 0 aliphatic heterocycles. The van der Waals surface area contributed by atoms with Gasteiger partial charge in [-0.1, -0.05) is 28.1 Å². The first-order chi connectivity index (χ1) is 13.9. The Morgan fingerprint density at radius 3 is 2.38 bits per heavy atom. The minimum atomic E-state index is -0.516. The van der Waals surface area contributed by atoms with Crippen LogP contribution in [0.15, 0.2) is 46.4 Å². The summed E-state index contributed by atoms with van der Waals surface area (Å²) in [6.07, 6.45) is 1.42. The molecule has 0 saturated heterocycles. The van der Waals surface area contributed by atoms with Gasteiger partial charge in [0.1, 0.15) is 17.4 Å². The van der Waals surface area contributed by atoms with Gasteiger partial charge in [0, 0.05) is 17.9 Å². The minimum Gasteiger partial charge on any atom is -0.497 e. The second kappa shape index (κ2) is 10.3. The Balaban J connectivity index is 2.20. The van der Waals surface area contributed by atoms with Crippen LogP contribution in [0.4, 0.5) is 0 Å². The first kappa shape index (κ1) is 22.0. The zero-order chi connectivity index (χ0) is 21.4. The molecule has 1 N–H and O–H groups in total. The van der Waals surface area contributed by atoms with Crippen molar-refractivity contribution in [2.45, 2.75) is 13.5 Å². The molecule has 0 atom stereocenters. The average Bonchev–Trinajstić information content (AvgIpc) is 2.71. The third kappa shape index (κ3) is 6.09. The summed E-state index contributed by atoms with van der Waals surface area (Å²) in [5, 5.41) is 12.1. The number of ether oxygens (including phenoxy) is 3. The highest BCUT2D eigenvalue weighted by Gasteiger charge is 2.14. The molecule has 0 radical (unpaired) electrons. The Kier molecular flexibility index (Phi) is 7.80. The lowest BCUT2D eigenvalue weighted by Crippen LogP contribution is -2.23. The van der Waals surface area contributed by atoms with Crippen molar-refractivity contribution in [2.24, 2.45) is 0 Å². The Morgan fingerprint density at radius 1 is 1.14 bits per heavy atom. The Hall–Kier alpha value is -3.31. The fourth-order valence-electron chi connectivity index (χ4n) is 2.38. The highest BCUT2D eigenvalue weighted by atomic mass is 79.9. The number of nitriles is 1. The monoisotopic (exact) mass is 458 g/mol. The number of hydrogen-bond acceptors (Lipinski definition) is 6. The number of carbonyl (C=O) groups is 2. The maximum absolute atomic E-state index is 12.4. The highest BCUT2D eigenvalue weighted by Crippen LogP contribution is 2.34. The van der Waals surface area contributed by atoms with Crippen LogP contribution in [0.25, 0.3) is 6.08 Å². The number of hydrogen-bond donors (Lipinski definition) is 1. The molecular weight excluding hydrogens is 440 g/mol. The van der Waals surface area contributed by atoms with Gasteiger partial charge in [0.25, 0.3) is 5.91 Å². The van der Waals surface area contributed by atoms with Crippen LogP contribution in [-0.4, -0.2) is 26.1 Å². The van der Waals surface area contributed by atoms with Crippen molar-refractivity contribution in [3.63, 3.8) is 0 Å². The summed E-state index contributed by atoms with van der Waals surface area (Å²) in [5.41, 5.74) is 1.31. The smallest absolute Gasteiger partial charge is 0.308 e. The van der Waals surface area contributed by atoms with E-state index in [1.54, 1.807) is 25.3 Å². The third-order valence-corrected chi connectivity index (χ3v) is 4.50. The number of nitrogens with one attached hydrogen (secondary N) is 1. The molecule has 2 aromatic rings. The van der Waals surface area contributed by atoms with Crippen molar-refractivity contribution in [3.05, 3.63) is 57.6 Å². The van der Waals surface area contributed by atoms with E-state index in [9.17, 15) is 14.9 Å². The maximum atomic E-state index is 12.4. The van der Waals surface area contributed by atoms with Gasteiger partial charge in [0.2, 0.25) is 0 Å². The lowest BCUT2D eigenvalue weighted by molar-refractivity contribution is -0.132. The molecule has 1 amide bonds. The van der Waals surface area contributed by atoms with E-state index in [0.29, 0.717) is 21.5 Å². The number of esters is 1. The molecule has 0 unspecified atom stereocenters. The summed E-state index contributed by atoms with van der Waals surface area (Å²) in [5.74, 6) is 0.234.